The zero-order chi connectivity index (χ0) is 21.3. The highest BCUT2D eigenvalue weighted by molar-refractivity contribution is 6.13. The van der Waals surface area contributed by atoms with Crippen LogP contribution in [0, 0.1) is 11.3 Å². The molecule has 0 amide bonds. The Labute approximate surface area is 181 Å². The SMILES string of the molecule is CN/C(=C\CN1CCN(CC2CC2)[C@H](C)C1)C(=N)c1cc(OC2(C)CC2)ccc1N. The van der Waals surface area contributed by atoms with E-state index >= 15 is 0 Å². The molecule has 1 heterocycles. The summed E-state index contributed by atoms with van der Waals surface area (Å²) in [6.07, 6.45) is 7.12. The van der Waals surface area contributed by atoms with Crippen LogP contribution in [0.2, 0.25) is 0 Å². The molecule has 1 saturated heterocycles. The molecule has 1 aliphatic heterocycles. The molecular formula is C24H37N5O. The summed E-state index contributed by atoms with van der Waals surface area (Å²) >= 11 is 0. The molecule has 0 spiro atoms. The molecule has 0 aromatic heterocycles. The van der Waals surface area contributed by atoms with E-state index in [0.717, 1.165) is 61.9 Å². The van der Waals surface area contributed by atoms with Crippen LogP contribution in [0.3, 0.4) is 0 Å². The van der Waals surface area contributed by atoms with Gasteiger partial charge in [0.25, 0.3) is 0 Å². The third kappa shape index (κ3) is 5.16. The molecule has 164 valence electrons. The number of benzene rings is 1. The highest BCUT2D eigenvalue weighted by Crippen LogP contribution is 2.40. The van der Waals surface area contributed by atoms with Crippen LogP contribution in [0.5, 0.6) is 5.75 Å². The largest absolute Gasteiger partial charge is 0.488 e. The average Bonchev–Trinajstić information content (AvgIpc) is 3.65. The third-order valence-electron chi connectivity index (χ3n) is 6.74. The second-order valence-electron chi connectivity index (χ2n) is 9.59. The molecule has 2 saturated carbocycles. The molecule has 0 radical (unpaired) electrons. The first-order valence-electron chi connectivity index (χ1n) is 11.4. The molecule has 30 heavy (non-hydrogen) atoms. The number of piperazine rings is 1. The maximum absolute atomic E-state index is 8.75. The minimum atomic E-state index is -0.0460. The fourth-order valence-electron chi connectivity index (χ4n) is 4.21. The minimum absolute atomic E-state index is 0.0460. The lowest BCUT2D eigenvalue weighted by Gasteiger charge is -2.39. The number of nitrogens with one attached hydrogen (secondary N) is 2. The van der Waals surface area contributed by atoms with Crippen LogP contribution in [0.25, 0.3) is 0 Å². The smallest absolute Gasteiger partial charge is 0.120 e. The standard InChI is InChI=1S/C24H37N5O/c1-17-15-28(12-13-29(17)16-18-4-5-18)11-8-22(27-3)23(26)20-14-19(6-7-21(20)25)30-24(2)9-10-24/h6-8,14,17-18,26-27H,4-5,9-13,15-16,25H2,1-3H3/b22-8-,26-23?/t17-/m1/s1. The second-order valence-corrected chi connectivity index (χ2v) is 9.59. The summed E-state index contributed by atoms with van der Waals surface area (Å²) in [7, 11) is 1.87. The fraction of sp³-hybridized carbons (Fsp3) is 0.625. The van der Waals surface area contributed by atoms with E-state index in [2.05, 4.69) is 35.0 Å². The maximum Gasteiger partial charge on any atom is 0.120 e. The number of anilines is 1. The quantitative estimate of drug-likeness (QED) is 0.430. The highest BCUT2D eigenvalue weighted by atomic mass is 16.5. The molecule has 3 fully saturated rings. The van der Waals surface area contributed by atoms with E-state index < -0.39 is 0 Å². The lowest BCUT2D eigenvalue weighted by atomic mass is 10.0. The van der Waals surface area contributed by atoms with Crippen LogP contribution in [-0.2, 0) is 0 Å². The number of likely N-dealkylation sites (N-methyl/N-ethyl adjacent to an activating group) is 1. The van der Waals surface area contributed by atoms with Gasteiger partial charge in [-0.3, -0.25) is 15.2 Å². The summed E-state index contributed by atoms with van der Waals surface area (Å²) in [6.45, 7) is 9.88. The van der Waals surface area contributed by atoms with Crippen LogP contribution in [0.4, 0.5) is 5.69 Å². The van der Waals surface area contributed by atoms with E-state index in [9.17, 15) is 0 Å². The molecule has 2 aliphatic carbocycles. The number of rotatable bonds is 9. The van der Waals surface area contributed by atoms with E-state index in [1.807, 2.05) is 25.2 Å². The van der Waals surface area contributed by atoms with Crippen LogP contribution in [0.1, 0.15) is 45.1 Å². The van der Waals surface area contributed by atoms with Gasteiger partial charge in [0.1, 0.15) is 11.4 Å². The van der Waals surface area contributed by atoms with Crippen molar-refractivity contribution in [1.29, 1.82) is 5.41 Å². The van der Waals surface area contributed by atoms with Gasteiger partial charge in [-0.2, -0.15) is 0 Å². The van der Waals surface area contributed by atoms with Gasteiger partial charge < -0.3 is 15.8 Å². The molecule has 4 rings (SSSR count). The molecule has 1 aromatic carbocycles. The van der Waals surface area contributed by atoms with Crippen LogP contribution >= 0.6 is 0 Å². The lowest BCUT2D eigenvalue weighted by Crippen LogP contribution is -2.52. The van der Waals surface area contributed by atoms with Crippen molar-refractivity contribution < 1.29 is 4.74 Å². The topological polar surface area (TPSA) is 77.6 Å². The van der Waals surface area contributed by atoms with Gasteiger partial charge in [0.2, 0.25) is 0 Å². The van der Waals surface area contributed by atoms with Crippen molar-refractivity contribution in [3.05, 3.63) is 35.5 Å². The van der Waals surface area contributed by atoms with Gasteiger partial charge in [0, 0.05) is 57.1 Å². The molecular weight excluding hydrogens is 374 g/mol. The van der Waals surface area contributed by atoms with Gasteiger partial charge in [0.05, 0.1) is 11.4 Å². The Bertz CT molecular complexity index is 812. The van der Waals surface area contributed by atoms with Gasteiger partial charge in [-0.15, -0.1) is 0 Å². The Balaban J connectivity index is 1.38. The number of nitrogens with two attached hydrogens (primary N) is 1. The molecule has 1 aromatic rings. The summed E-state index contributed by atoms with van der Waals surface area (Å²) < 4.78 is 6.08. The summed E-state index contributed by atoms with van der Waals surface area (Å²) in [5.74, 6) is 1.74. The molecule has 6 nitrogen and oxygen atoms in total. The molecule has 3 aliphatic rings. The van der Waals surface area contributed by atoms with E-state index in [0.29, 0.717) is 17.4 Å². The number of ether oxygens (including phenoxy) is 1. The van der Waals surface area contributed by atoms with Gasteiger partial charge in [-0.25, -0.2) is 0 Å². The first-order valence-corrected chi connectivity index (χ1v) is 11.4. The zero-order valence-electron chi connectivity index (χ0n) is 18.7. The van der Waals surface area contributed by atoms with Crippen molar-refractivity contribution in [2.75, 3.05) is 45.5 Å². The van der Waals surface area contributed by atoms with Crippen molar-refractivity contribution in [3.8, 4) is 5.75 Å². The Kier molecular flexibility index (Phi) is 6.07. The normalized spacial score (nSPS) is 24.5. The fourth-order valence-corrected chi connectivity index (χ4v) is 4.21. The predicted octanol–water partition coefficient (Wildman–Crippen LogP) is 3.09. The van der Waals surface area contributed by atoms with Gasteiger partial charge >= 0.3 is 0 Å². The summed E-state index contributed by atoms with van der Waals surface area (Å²) in [5.41, 5.74) is 8.72. The second kappa shape index (κ2) is 8.60. The minimum Gasteiger partial charge on any atom is -0.488 e. The summed E-state index contributed by atoms with van der Waals surface area (Å²) in [5, 5.41) is 12.0. The van der Waals surface area contributed by atoms with Crippen molar-refractivity contribution in [2.24, 2.45) is 5.92 Å². The maximum atomic E-state index is 8.75. The van der Waals surface area contributed by atoms with Crippen LogP contribution in [-0.4, -0.2) is 66.9 Å². The predicted molar refractivity (Wildman–Crippen MR) is 123 cm³/mol. The number of hydrogen-bond donors (Lipinski definition) is 3. The van der Waals surface area contributed by atoms with Crippen molar-refractivity contribution in [2.45, 2.75) is 51.2 Å². The molecule has 1 atom stereocenters. The van der Waals surface area contributed by atoms with Gasteiger partial charge in [-0.1, -0.05) is 0 Å². The van der Waals surface area contributed by atoms with E-state index in [1.54, 1.807) is 0 Å². The lowest BCUT2D eigenvalue weighted by molar-refractivity contribution is 0.0870. The first kappa shape index (κ1) is 21.2. The summed E-state index contributed by atoms with van der Waals surface area (Å²) in [6, 6.07) is 6.25. The molecule has 6 heteroatoms. The van der Waals surface area contributed by atoms with Gasteiger partial charge in [0.15, 0.2) is 0 Å². The number of nitrogens with zero attached hydrogens (tertiary/aromatic N) is 2. The van der Waals surface area contributed by atoms with Gasteiger partial charge in [-0.05, 0) is 69.7 Å². The Hall–Kier alpha value is -2.05. The number of hydrogen-bond acceptors (Lipinski definition) is 6. The van der Waals surface area contributed by atoms with E-state index in [-0.39, 0.29) is 5.60 Å². The average molecular weight is 412 g/mol. The van der Waals surface area contributed by atoms with Crippen molar-refractivity contribution >= 4 is 11.4 Å². The Morgan fingerprint density at radius 1 is 1.33 bits per heavy atom. The Morgan fingerprint density at radius 3 is 2.73 bits per heavy atom. The zero-order valence-corrected chi connectivity index (χ0v) is 18.7. The van der Waals surface area contributed by atoms with E-state index in [1.165, 1.54) is 19.4 Å². The third-order valence-corrected chi connectivity index (χ3v) is 6.74. The molecule has 4 N–H and O–H groups in total. The van der Waals surface area contributed by atoms with Crippen LogP contribution < -0.4 is 15.8 Å². The molecule has 0 unspecified atom stereocenters. The van der Waals surface area contributed by atoms with Crippen LogP contribution in [0.15, 0.2) is 30.0 Å². The first-order chi connectivity index (χ1) is 14.4. The molecule has 0 bridgehead atoms. The Morgan fingerprint density at radius 2 is 2.10 bits per heavy atom. The number of allylic oxidation sites excluding steroid dienone is 1. The van der Waals surface area contributed by atoms with Crippen molar-refractivity contribution in [1.82, 2.24) is 15.1 Å². The van der Waals surface area contributed by atoms with E-state index in [4.69, 9.17) is 15.9 Å². The summed E-state index contributed by atoms with van der Waals surface area (Å²) in [4.78, 5) is 5.13. The number of nitrogen functional groups attached to an aromatic ring is 1. The van der Waals surface area contributed by atoms with Crippen molar-refractivity contribution in [3.63, 3.8) is 0 Å². The monoisotopic (exact) mass is 411 g/mol. The highest BCUT2D eigenvalue weighted by Gasteiger charge is 2.40.